The molecule has 1 heterocycles. The van der Waals surface area contributed by atoms with Crippen LogP contribution >= 0.6 is 27.3 Å². The SMILES string of the molecule is Cc1cc(C)c(N2[CH-]N(c3c(C)cc(C)cc3C)CC2)c(C)c1.[Cl][Ru]([Cl])=[CH]c1ccccc1[PH+](c1ccccc1)c1ccccc1. The van der Waals surface area contributed by atoms with Crippen molar-refractivity contribution in [3.05, 3.63) is 155 Å². The molecule has 1 aliphatic rings. The summed E-state index contributed by atoms with van der Waals surface area (Å²) in [4.78, 5) is 4.81. The Bertz CT molecular complexity index is 1670. The molecule has 1 saturated heterocycles. The van der Waals surface area contributed by atoms with Gasteiger partial charge in [0, 0.05) is 24.5 Å². The molecule has 0 amide bonds. The first-order valence-corrected chi connectivity index (χ1v) is 22.5. The van der Waals surface area contributed by atoms with Crippen LogP contribution in [0.1, 0.15) is 38.9 Å². The minimum absolute atomic E-state index is 1.04. The van der Waals surface area contributed by atoms with Crippen LogP contribution in [0.25, 0.3) is 0 Å². The fourth-order valence-corrected chi connectivity index (χ4v) is 11.4. The molecule has 6 rings (SSSR count). The topological polar surface area (TPSA) is 6.48 Å². The van der Waals surface area contributed by atoms with Crippen LogP contribution in [0.15, 0.2) is 109 Å². The Labute approximate surface area is 290 Å². The maximum absolute atomic E-state index is 6.15. The third-order valence-electron chi connectivity index (χ3n) is 8.25. The van der Waals surface area contributed by atoms with E-state index in [1.54, 1.807) is 0 Å². The van der Waals surface area contributed by atoms with Gasteiger partial charge in [0.2, 0.25) is 0 Å². The van der Waals surface area contributed by atoms with Gasteiger partial charge in [0.15, 0.2) is 0 Å². The summed E-state index contributed by atoms with van der Waals surface area (Å²) in [6.07, 6.45) is 0. The number of hydrogen-bond acceptors (Lipinski definition) is 2. The molecule has 0 aliphatic carbocycles. The molecule has 5 aromatic rings. The second-order valence-electron chi connectivity index (χ2n) is 12.0. The number of benzene rings is 5. The molecule has 0 aromatic heterocycles. The zero-order chi connectivity index (χ0) is 32.8. The van der Waals surface area contributed by atoms with Crippen molar-refractivity contribution >= 4 is 59.2 Å². The van der Waals surface area contributed by atoms with Gasteiger partial charge >= 0.3 is 152 Å². The summed E-state index contributed by atoms with van der Waals surface area (Å²) >= 11 is -1.86. The third-order valence-corrected chi connectivity index (χ3v) is 12.9. The number of hydrogen-bond donors (Lipinski definition) is 0. The average molecular weight is 755 g/mol. The van der Waals surface area contributed by atoms with Gasteiger partial charge in [-0.25, -0.2) is 0 Å². The van der Waals surface area contributed by atoms with Gasteiger partial charge in [0.05, 0.1) is 0 Å². The Morgan fingerprint density at radius 1 is 0.587 bits per heavy atom. The first-order valence-electron chi connectivity index (χ1n) is 15.6. The normalized spacial score (nSPS) is 13.0. The standard InChI is InChI=1S/C21H27N2.C19H15P.2ClH.Ru/c1-14-9-16(3)20(17(4)10-14)22-7-8-23(13-22)21-18(5)11-15(2)12-19(21)6;1-16-10-8-9-15-19(16)20(17-11-4-2-5-12-17)18-13-6-3-7-14-18;;;/h9-13H,7-8H2,1-6H3;1-15H;2*1H;/q-1;;;;+2/p-1. The molecule has 1 fully saturated rings. The molecule has 0 bridgehead atoms. The molecule has 240 valence electrons. The molecule has 0 saturated carbocycles. The van der Waals surface area contributed by atoms with E-state index >= 15 is 0 Å². The Morgan fingerprint density at radius 2 is 0.978 bits per heavy atom. The summed E-state index contributed by atoms with van der Waals surface area (Å²) < 4.78 is 2.06. The Hall–Kier alpha value is -2.80. The number of anilines is 2. The second-order valence-corrected chi connectivity index (χ2v) is 20.2. The van der Waals surface area contributed by atoms with E-state index in [1.807, 2.05) is 0 Å². The molecular weight excluding hydrogens is 711 g/mol. The van der Waals surface area contributed by atoms with Crippen LogP contribution in [0.5, 0.6) is 0 Å². The van der Waals surface area contributed by atoms with Crippen LogP contribution < -0.4 is 25.7 Å². The van der Waals surface area contributed by atoms with Gasteiger partial charge in [-0.15, -0.1) is 0 Å². The van der Waals surface area contributed by atoms with E-state index in [9.17, 15) is 0 Å². The molecule has 0 spiro atoms. The van der Waals surface area contributed by atoms with Crippen molar-refractivity contribution in [3.63, 3.8) is 0 Å². The van der Waals surface area contributed by atoms with Crippen LogP contribution in [0, 0.1) is 48.2 Å². The zero-order valence-corrected chi connectivity index (χ0v) is 31.7. The quantitative estimate of drug-likeness (QED) is 0.0970. The van der Waals surface area contributed by atoms with Gasteiger partial charge in [0.25, 0.3) is 0 Å². The number of aryl methyl sites for hydroxylation is 6. The Balaban J connectivity index is 0.000000181. The van der Waals surface area contributed by atoms with Gasteiger partial charge in [-0.3, -0.25) is 0 Å². The maximum atomic E-state index is 6.15. The summed E-state index contributed by atoms with van der Waals surface area (Å²) in [7, 11) is 11.2. The van der Waals surface area contributed by atoms with Crippen molar-refractivity contribution in [1.82, 2.24) is 0 Å². The molecule has 0 atom stereocenters. The predicted octanol–water partition coefficient (Wildman–Crippen LogP) is 9.24. The predicted molar refractivity (Wildman–Crippen MR) is 204 cm³/mol. The van der Waals surface area contributed by atoms with E-state index in [1.165, 1.54) is 66.2 Å². The summed E-state index contributed by atoms with van der Waals surface area (Å²) in [6.45, 7) is 17.6. The number of halogens is 2. The van der Waals surface area contributed by atoms with E-state index < -0.39 is 21.4 Å². The van der Waals surface area contributed by atoms with Crippen LogP contribution in [-0.4, -0.2) is 17.7 Å². The van der Waals surface area contributed by atoms with Gasteiger partial charge < -0.3 is 9.80 Å². The van der Waals surface area contributed by atoms with Gasteiger partial charge in [-0.1, -0.05) is 35.4 Å². The molecule has 0 radical (unpaired) electrons. The van der Waals surface area contributed by atoms with E-state index in [0.29, 0.717) is 0 Å². The van der Waals surface area contributed by atoms with Crippen molar-refractivity contribution < 1.29 is 13.5 Å². The van der Waals surface area contributed by atoms with Gasteiger partial charge in [0.1, 0.15) is 0 Å². The molecule has 46 heavy (non-hydrogen) atoms. The van der Waals surface area contributed by atoms with Crippen LogP contribution in [0.3, 0.4) is 0 Å². The number of rotatable bonds is 6. The van der Waals surface area contributed by atoms with Gasteiger partial charge in [-0.2, -0.15) is 6.67 Å². The van der Waals surface area contributed by atoms with Gasteiger partial charge in [-0.05, 0) is 63.8 Å². The van der Waals surface area contributed by atoms with Crippen molar-refractivity contribution in [2.45, 2.75) is 41.5 Å². The van der Waals surface area contributed by atoms with E-state index in [2.05, 4.69) is 172 Å². The Kier molecular flexibility index (Phi) is 11.9. The summed E-state index contributed by atoms with van der Waals surface area (Å²) in [5.74, 6) is 0. The summed E-state index contributed by atoms with van der Waals surface area (Å²) in [5, 5.41) is 4.08. The monoisotopic (exact) mass is 754 g/mol. The fourth-order valence-electron chi connectivity index (χ4n) is 6.67. The first-order chi connectivity index (χ1) is 22.1. The van der Waals surface area contributed by atoms with E-state index in [-0.39, 0.29) is 0 Å². The van der Waals surface area contributed by atoms with Crippen LogP contribution in [0.2, 0.25) is 0 Å². The summed E-state index contributed by atoms with van der Waals surface area (Å²) in [6, 6.07) is 39.0. The Morgan fingerprint density at radius 3 is 1.39 bits per heavy atom. The van der Waals surface area contributed by atoms with Crippen molar-refractivity contribution in [2.24, 2.45) is 0 Å². The molecule has 5 aromatic carbocycles. The summed E-state index contributed by atoms with van der Waals surface area (Å²) in [5.41, 5.74) is 12.0. The second kappa shape index (κ2) is 15.9. The third kappa shape index (κ3) is 8.37. The molecule has 6 heteroatoms. The molecule has 0 N–H and O–H groups in total. The van der Waals surface area contributed by atoms with Crippen molar-refractivity contribution in [1.29, 1.82) is 0 Å². The van der Waals surface area contributed by atoms with Crippen molar-refractivity contribution in [3.8, 4) is 0 Å². The molecular formula is C40H43Cl2N2PRu. The zero-order valence-electron chi connectivity index (χ0n) is 27.5. The van der Waals surface area contributed by atoms with E-state index in [4.69, 9.17) is 19.4 Å². The van der Waals surface area contributed by atoms with E-state index in [0.717, 1.165) is 13.1 Å². The fraction of sp³-hybridized carbons (Fsp3) is 0.200. The average Bonchev–Trinajstić information content (AvgIpc) is 3.47. The van der Waals surface area contributed by atoms with Crippen LogP contribution in [0.4, 0.5) is 11.4 Å². The minimum atomic E-state index is -1.86. The molecule has 0 unspecified atom stereocenters. The first kappa shape index (κ1) is 34.5. The number of nitrogens with zero attached hydrogens (tertiary/aromatic N) is 2. The van der Waals surface area contributed by atoms with Crippen LogP contribution in [-0.2, 0) is 13.5 Å². The molecule has 2 nitrogen and oxygen atoms in total. The van der Waals surface area contributed by atoms with Crippen molar-refractivity contribution in [2.75, 3.05) is 22.9 Å². The molecule has 1 aliphatic heterocycles.